The maximum Gasteiger partial charge on any atom is 0.127 e. The molecule has 0 radical (unpaired) electrons. The molecule has 1 aliphatic rings. The van der Waals surface area contributed by atoms with Crippen LogP contribution in [0.15, 0.2) is 30.4 Å². The van der Waals surface area contributed by atoms with Crippen LogP contribution in [0.25, 0.3) is 0 Å². The van der Waals surface area contributed by atoms with Crippen molar-refractivity contribution in [3.63, 3.8) is 0 Å². The molecule has 1 atom stereocenters. The summed E-state index contributed by atoms with van der Waals surface area (Å²) >= 11 is 5.85. The molecule has 0 saturated carbocycles. The summed E-state index contributed by atoms with van der Waals surface area (Å²) in [7, 11) is 0. The van der Waals surface area contributed by atoms with Crippen LogP contribution in [-0.2, 0) is 0 Å². The van der Waals surface area contributed by atoms with Gasteiger partial charge in [0.1, 0.15) is 5.82 Å². The van der Waals surface area contributed by atoms with Crippen molar-refractivity contribution in [2.75, 3.05) is 0 Å². The molecule has 0 bridgehead atoms. The summed E-state index contributed by atoms with van der Waals surface area (Å²) in [5.74, 6) is 0.0633. The van der Waals surface area contributed by atoms with Crippen LogP contribution in [0, 0.1) is 5.82 Å². The molecule has 0 saturated heterocycles. The Morgan fingerprint density at radius 1 is 1.36 bits per heavy atom. The number of benzene rings is 1. The Kier molecular flexibility index (Phi) is 2.87. The molecule has 1 unspecified atom stereocenters. The van der Waals surface area contributed by atoms with Gasteiger partial charge >= 0.3 is 0 Å². The largest absolute Gasteiger partial charge is 0.207 e. The van der Waals surface area contributed by atoms with E-state index >= 15 is 0 Å². The van der Waals surface area contributed by atoms with Crippen LogP contribution >= 0.6 is 11.6 Å². The van der Waals surface area contributed by atoms with Crippen molar-refractivity contribution >= 4 is 11.6 Å². The first-order chi connectivity index (χ1) is 6.77. The van der Waals surface area contributed by atoms with E-state index in [0.717, 1.165) is 24.8 Å². The van der Waals surface area contributed by atoms with Crippen molar-refractivity contribution in [3.05, 3.63) is 46.8 Å². The molecule has 0 fully saturated rings. The summed E-state index contributed by atoms with van der Waals surface area (Å²) in [6.45, 7) is 0. The van der Waals surface area contributed by atoms with Crippen LogP contribution < -0.4 is 0 Å². The van der Waals surface area contributed by atoms with Gasteiger partial charge in [-0.15, -0.1) is 0 Å². The number of hydrogen-bond acceptors (Lipinski definition) is 0. The van der Waals surface area contributed by atoms with Gasteiger partial charge < -0.3 is 0 Å². The highest BCUT2D eigenvalue weighted by Crippen LogP contribution is 2.30. The fraction of sp³-hybridized carbons (Fsp3) is 0.333. The molecule has 0 N–H and O–H groups in total. The van der Waals surface area contributed by atoms with Gasteiger partial charge in [0.15, 0.2) is 0 Å². The Morgan fingerprint density at radius 3 is 2.93 bits per heavy atom. The number of allylic oxidation sites excluding steroid dienone is 2. The number of rotatable bonds is 1. The van der Waals surface area contributed by atoms with Crippen molar-refractivity contribution in [3.8, 4) is 0 Å². The van der Waals surface area contributed by atoms with Gasteiger partial charge in [0.05, 0.1) is 0 Å². The smallest absolute Gasteiger partial charge is 0.127 e. The molecule has 0 amide bonds. The summed E-state index contributed by atoms with van der Waals surface area (Å²) in [5.41, 5.74) is 0.730. The fourth-order valence-corrected chi connectivity index (χ4v) is 2.05. The van der Waals surface area contributed by atoms with Gasteiger partial charge in [-0.2, -0.15) is 0 Å². The molecular formula is C12H12ClF. The van der Waals surface area contributed by atoms with Crippen molar-refractivity contribution in [1.82, 2.24) is 0 Å². The van der Waals surface area contributed by atoms with E-state index in [1.54, 1.807) is 12.1 Å². The van der Waals surface area contributed by atoms with E-state index in [2.05, 4.69) is 12.2 Å². The molecule has 14 heavy (non-hydrogen) atoms. The summed E-state index contributed by atoms with van der Waals surface area (Å²) in [6.07, 6.45) is 7.46. The van der Waals surface area contributed by atoms with E-state index in [4.69, 9.17) is 11.6 Å². The van der Waals surface area contributed by atoms with E-state index < -0.39 is 0 Å². The molecule has 2 rings (SSSR count). The molecule has 1 aromatic carbocycles. The maximum atomic E-state index is 13.5. The third kappa shape index (κ3) is 1.98. The van der Waals surface area contributed by atoms with Crippen LogP contribution in [0.5, 0.6) is 0 Å². The summed E-state index contributed by atoms with van der Waals surface area (Å²) in [4.78, 5) is 0. The van der Waals surface area contributed by atoms with Crippen molar-refractivity contribution in [2.45, 2.75) is 25.2 Å². The van der Waals surface area contributed by atoms with E-state index in [1.165, 1.54) is 6.07 Å². The third-order valence-electron chi connectivity index (χ3n) is 2.61. The Labute approximate surface area is 88.4 Å². The molecule has 0 spiro atoms. The summed E-state index contributed by atoms with van der Waals surface area (Å²) < 4.78 is 13.5. The predicted molar refractivity (Wildman–Crippen MR) is 57.1 cm³/mol. The topological polar surface area (TPSA) is 0 Å². The lowest BCUT2D eigenvalue weighted by Crippen LogP contribution is -2.01. The zero-order valence-corrected chi connectivity index (χ0v) is 8.60. The second-order valence-corrected chi connectivity index (χ2v) is 4.07. The lowest BCUT2D eigenvalue weighted by molar-refractivity contribution is 0.574. The van der Waals surface area contributed by atoms with Gasteiger partial charge in [-0.25, -0.2) is 4.39 Å². The average molecular weight is 211 g/mol. The first kappa shape index (κ1) is 9.72. The SMILES string of the molecule is Fc1ccc(Cl)cc1C1C=CCCC1. The lowest BCUT2D eigenvalue weighted by atomic mass is 9.89. The van der Waals surface area contributed by atoms with Gasteiger partial charge in [0.2, 0.25) is 0 Å². The number of hydrogen-bond donors (Lipinski definition) is 0. The molecule has 0 heterocycles. The molecule has 1 aliphatic carbocycles. The quantitative estimate of drug-likeness (QED) is 0.607. The molecular weight excluding hydrogens is 199 g/mol. The van der Waals surface area contributed by atoms with Crippen LogP contribution in [0.3, 0.4) is 0 Å². The zero-order valence-electron chi connectivity index (χ0n) is 7.84. The second-order valence-electron chi connectivity index (χ2n) is 3.63. The van der Waals surface area contributed by atoms with Gasteiger partial charge in [0.25, 0.3) is 0 Å². The van der Waals surface area contributed by atoms with Crippen molar-refractivity contribution in [2.24, 2.45) is 0 Å². The zero-order chi connectivity index (χ0) is 9.97. The summed E-state index contributed by atoms with van der Waals surface area (Å²) in [6, 6.07) is 4.77. The normalized spacial score (nSPS) is 21.1. The molecule has 74 valence electrons. The van der Waals surface area contributed by atoms with Gasteiger partial charge in [-0.3, -0.25) is 0 Å². The lowest BCUT2D eigenvalue weighted by Gasteiger charge is -2.17. The molecule has 0 aliphatic heterocycles. The third-order valence-corrected chi connectivity index (χ3v) is 2.85. The first-order valence-electron chi connectivity index (χ1n) is 4.89. The Balaban J connectivity index is 2.34. The van der Waals surface area contributed by atoms with E-state index in [-0.39, 0.29) is 11.7 Å². The van der Waals surface area contributed by atoms with Crippen LogP contribution in [0.1, 0.15) is 30.7 Å². The van der Waals surface area contributed by atoms with Crippen molar-refractivity contribution in [1.29, 1.82) is 0 Å². The molecule has 1 aromatic rings. The Bertz CT molecular complexity index is 357. The minimum Gasteiger partial charge on any atom is -0.207 e. The second kappa shape index (κ2) is 4.14. The average Bonchev–Trinajstić information content (AvgIpc) is 2.23. The molecule has 2 heteroatoms. The predicted octanol–water partition coefficient (Wildman–Crippen LogP) is 4.30. The van der Waals surface area contributed by atoms with Gasteiger partial charge in [0, 0.05) is 10.9 Å². The molecule has 0 nitrogen and oxygen atoms in total. The summed E-state index contributed by atoms with van der Waals surface area (Å²) in [5, 5.41) is 0.611. The first-order valence-corrected chi connectivity index (χ1v) is 5.27. The molecule has 0 aromatic heterocycles. The van der Waals surface area contributed by atoms with Crippen LogP contribution in [0.4, 0.5) is 4.39 Å². The van der Waals surface area contributed by atoms with E-state index in [0.29, 0.717) is 5.02 Å². The highest BCUT2D eigenvalue weighted by atomic mass is 35.5. The van der Waals surface area contributed by atoms with E-state index in [9.17, 15) is 4.39 Å². The highest BCUT2D eigenvalue weighted by molar-refractivity contribution is 6.30. The van der Waals surface area contributed by atoms with Crippen LogP contribution in [-0.4, -0.2) is 0 Å². The minimum atomic E-state index is -0.147. The maximum absolute atomic E-state index is 13.5. The van der Waals surface area contributed by atoms with Gasteiger partial charge in [-0.05, 0) is 43.0 Å². The fourth-order valence-electron chi connectivity index (χ4n) is 1.87. The Morgan fingerprint density at radius 2 is 2.21 bits per heavy atom. The van der Waals surface area contributed by atoms with E-state index in [1.807, 2.05) is 0 Å². The minimum absolute atomic E-state index is 0.147. The highest BCUT2D eigenvalue weighted by Gasteiger charge is 2.15. The number of halogens is 2. The van der Waals surface area contributed by atoms with Crippen molar-refractivity contribution < 1.29 is 4.39 Å². The van der Waals surface area contributed by atoms with Crippen LogP contribution in [0.2, 0.25) is 5.02 Å². The Hall–Kier alpha value is -0.820. The van der Waals surface area contributed by atoms with Gasteiger partial charge in [-0.1, -0.05) is 23.8 Å². The standard InChI is InChI=1S/C12H12ClF/c13-10-6-7-12(14)11(8-10)9-4-2-1-3-5-9/h2,4,6-9H,1,3,5H2. The monoisotopic (exact) mass is 210 g/mol.